The van der Waals surface area contributed by atoms with E-state index in [0.717, 1.165) is 29.5 Å². The van der Waals surface area contributed by atoms with E-state index in [1.54, 1.807) is 56.1 Å². The van der Waals surface area contributed by atoms with Crippen molar-refractivity contribution in [3.05, 3.63) is 65.2 Å². The lowest BCUT2D eigenvalue weighted by Gasteiger charge is -2.36. The molecule has 4 N–H and O–H groups in total. The number of hydrogen-bond donors (Lipinski definition) is 3. The van der Waals surface area contributed by atoms with Crippen molar-refractivity contribution in [2.45, 2.75) is 65.0 Å². The number of amides is 2. The molecule has 206 valence electrons. The maximum atomic E-state index is 12.9. The fraction of sp³-hybridized carbons (Fsp3) is 0.393. The number of aromatic nitrogens is 3. The minimum atomic E-state index is -1.26. The first-order valence-corrected chi connectivity index (χ1v) is 13.0. The molecule has 1 unspecified atom stereocenters. The smallest absolute Gasteiger partial charge is 0.410 e. The fourth-order valence-electron chi connectivity index (χ4n) is 4.56. The highest BCUT2D eigenvalue weighted by Gasteiger charge is 2.36. The van der Waals surface area contributed by atoms with Crippen LogP contribution in [-0.4, -0.2) is 54.8 Å². The van der Waals surface area contributed by atoms with E-state index in [-0.39, 0.29) is 23.1 Å². The Hall–Kier alpha value is -4.41. The number of aryl methyl sites for hydroxylation is 1. The van der Waals surface area contributed by atoms with E-state index in [1.165, 1.54) is 0 Å². The zero-order chi connectivity index (χ0) is 28.3. The van der Waals surface area contributed by atoms with E-state index < -0.39 is 23.7 Å². The second-order valence-electron chi connectivity index (χ2n) is 10.5. The summed E-state index contributed by atoms with van der Waals surface area (Å²) in [5.41, 5.74) is 1.15. The second kappa shape index (κ2) is 11.1. The summed E-state index contributed by atoms with van der Waals surface area (Å²) in [5.74, 6) is 5.38. The highest BCUT2D eigenvalue weighted by molar-refractivity contribution is 6.04. The Labute approximate surface area is 227 Å². The molecule has 11 nitrogen and oxygen atoms in total. The van der Waals surface area contributed by atoms with Crippen LogP contribution in [0.25, 0.3) is 11.3 Å². The number of carbonyl (C=O) groups excluding carboxylic acids is 2. The molecule has 1 aromatic carbocycles. The van der Waals surface area contributed by atoms with Gasteiger partial charge in [0.05, 0.1) is 6.04 Å². The van der Waals surface area contributed by atoms with Gasteiger partial charge in [0.15, 0.2) is 11.5 Å². The van der Waals surface area contributed by atoms with Crippen LogP contribution < -0.4 is 11.2 Å². The molecule has 1 aliphatic rings. The molecule has 39 heavy (non-hydrogen) atoms. The average molecular weight is 535 g/mol. The molecule has 1 atom stereocenters. The third-order valence-corrected chi connectivity index (χ3v) is 6.46. The van der Waals surface area contributed by atoms with Crippen LogP contribution in [0.2, 0.25) is 0 Å². The van der Waals surface area contributed by atoms with Gasteiger partial charge in [-0.05, 0) is 76.3 Å². The summed E-state index contributed by atoms with van der Waals surface area (Å²) >= 11 is 0. The Bertz CT molecular complexity index is 1380. The van der Waals surface area contributed by atoms with Gasteiger partial charge < -0.3 is 21.0 Å². The molecule has 1 saturated heterocycles. The van der Waals surface area contributed by atoms with Crippen molar-refractivity contribution in [1.82, 2.24) is 19.5 Å². The highest BCUT2D eigenvalue weighted by atomic mass is 16.6. The number of likely N-dealkylation sites (tertiary alicyclic amines) is 1. The van der Waals surface area contributed by atoms with Crippen molar-refractivity contribution < 1.29 is 24.2 Å². The Morgan fingerprint density at radius 2 is 1.87 bits per heavy atom. The van der Waals surface area contributed by atoms with Gasteiger partial charge in [0.2, 0.25) is 0 Å². The molecule has 0 aliphatic carbocycles. The Kier molecular flexibility index (Phi) is 7.89. The van der Waals surface area contributed by atoms with Crippen molar-refractivity contribution >= 4 is 23.8 Å². The minimum absolute atomic E-state index is 0.152. The van der Waals surface area contributed by atoms with Gasteiger partial charge in [0.25, 0.3) is 5.91 Å². The van der Waals surface area contributed by atoms with Gasteiger partial charge in [-0.3, -0.25) is 9.69 Å². The predicted octanol–water partition coefficient (Wildman–Crippen LogP) is 4.63. The highest BCUT2D eigenvalue weighted by Crippen LogP contribution is 2.34. The number of carboxylic acids is 1. The molecule has 2 aromatic heterocycles. The lowest BCUT2D eigenvalue weighted by Crippen LogP contribution is -2.43. The predicted molar refractivity (Wildman–Crippen MR) is 146 cm³/mol. The van der Waals surface area contributed by atoms with Crippen LogP contribution in [0.1, 0.15) is 85.2 Å². The van der Waals surface area contributed by atoms with Crippen LogP contribution in [0, 0.1) is 0 Å². The number of ether oxygens (including phenoxy) is 1. The van der Waals surface area contributed by atoms with Gasteiger partial charge in [-0.1, -0.05) is 19.1 Å². The van der Waals surface area contributed by atoms with Crippen LogP contribution in [-0.2, 0) is 11.2 Å². The third-order valence-electron chi connectivity index (χ3n) is 6.46. The maximum Gasteiger partial charge on any atom is 0.410 e. The standard InChI is InChI=1S/C28H34N6O5/c1-5-17-13-14-30-21(16-17)31-25(35)19-11-9-18(10-12-19)22-23(26(36)37)34(29)24(32-22)20-8-6-7-15-33(20)27(38)39-28(2,3)4/h9-14,16,20H,5-8,15,29H2,1-4H3,(H,36,37)(H,30,31,35). The summed E-state index contributed by atoms with van der Waals surface area (Å²) in [6.45, 7) is 7.83. The monoisotopic (exact) mass is 534 g/mol. The summed E-state index contributed by atoms with van der Waals surface area (Å²) in [7, 11) is 0. The number of aromatic carboxylic acids is 1. The summed E-state index contributed by atoms with van der Waals surface area (Å²) in [6, 6.07) is 9.57. The zero-order valence-corrected chi connectivity index (χ0v) is 22.6. The Morgan fingerprint density at radius 1 is 1.15 bits per heavy atom. The fourth-order valence-corrected chi connectivity index (χ4v) is 4.56. The van der Waals surface area contributed by atoms with Crippen molar-refractivity contribution in [2.75, 3.05) is 17.7 Å². The normalized spacial score (nSPS) is 15.6. The van der Waals surface area contributed by atoms with Crippen LogP contribution in [0.5, 0.6) is 0 Å². The number of nitrogen functional groups attached to an aromatic ring is 1. The zero-order valence-electron chi connectivity index (χ0n) is 22.6. The molecule has 2 amide bonds. The quantitative estimate of drug-likeness (QED) is 0.387. The molecule has 4 rings (SSSR count). The van der Waals surface area contributed by atoms with Gasteiger partial charge >= 0.3 is 12.1 Å². The van der Waals surface area contributed by atoms with Crippen molar-refractivity contribution in [2.24, 2.45) is 0 Å². The number of nitrogens with one attached hydrogen (secondary N) is 1. The lowest BCUT2D eigenvalue weighted by molar-refractivity contribution is 0.00821. The number of pyridine rings is 1. The number of benzene rings is 1. The van der Waals surface area contributed by atoms with Crippen LogP contribution in [0.4, 0.5) is 10.6 Å². The van der Waals surface area contributed by atoms with Gasteiger partial charge in [-0.15, -0.1) is 0 Å². The van der Waals surface area contributed by atoms with Gasteiger partial charge in [-0.2, -0.15) is 0 Å². The van der Waals surface area contributed by atoms with Gasteiger partial charge in [-0.25, -0.2) is 24.2 Å². The van der Waals surface area contributed by atoms with E-state index in [1.807, 2.05) is 19.1 Å². The molecule has 1 aliphatic heterocycles. The van der Waals surface area contributed by atoms with E-state index in [2.05, 4.69) is 15.3 Å². The van der Waals surface area contributed by atoms with Crippen LogP contribution in [0.15, 0.2) is 42.6 Å². The summed E-state index contributed by atoms with van der Waals surface area (Å²) < 4.78 is 6.62. The third kappa shape index (κ3) is 6.19. The van der Waals surface area contributed by atoms with Crippen LogP contribution >= 0.6 is 0 Å². The summed E-state index contributed by atoms with van der Waals surface area (Å²) in [5, 5.41) is 12.8. The molecular formula is C28H34N6O5. The number of nitrogens with zero attached hydrogens (tertiary/aromatic N) is 4. The Balaban J connectivity index is 1.62. The van der Waals surface area contributed by atoms with E-state index in [9.17, 15) is 19.5 Å². The number of anilines is 1. The molecule has 0 saturated carbocycles. The topological polar surface area (TPSA) is 153 Å². The first-order chi connectivity index (χ1) is 18.5. The number of carboxylic acid groups (broad SMARTS) is 1. The number of imidazole rings is 1. The molecule has 3 aromatic rings. The molecule has 0 radical (unpaired) electrons. The van der Waals surface area contributed by atoms with E-state index in [4.69, 9.17) is 10.6 Å². The number of rotatable bonds is 6. The van der Waals surface area contributed by atoms with Gasteiger partial charge in [0.1, 0.15) is 17.1 Å². The number of piperidine rings is 1. The van der Waals surface area contributed by atoms with Crippen molar-refractivity contribution in [3.8, 4) is 11.3 Å². The first-order valence-electron chi connectivity index (χ1n) is 13.0. The van der Waals surface area contributed by atoms with Gasteiger partial charge in [0, 0.05) is 23.9 Å². The maximum absolute atomic E-state index is 12.9. The largest absolute Gasteiger partial charge is 0.476 e. The van der Waals surface area contributed by atoms with Crippen LogP contribution in [0.3, 0.4) is 0 Å². The summed E-state index contributed by atoms with van der Waals surface area (Å²) in [6.07, 6.45) is 4.15. The molecule has 1 fully saturated rings. The molecule has 3 heterocycles. The lowest BCUT2D eigenvalue weighted by atomic mass is 10.0. The molecule has 0 bridgehead atoms. The SMILES string of the molecule is CCc1ccnc(NC(=O)c2ccc(-c3nc(C4CCCCN4C(=O)OC(C)(C)C)n(N)c3C(=O)O)cc2)c1. The van der Waals surface area contributed by atoms with Crippen molar-refractivity contribution in [1.29, 1.82) is 0 Å². The molecule has 11 heteroatoms. The second-order valence-corrected chi connectivity index (χ2v) is 10.5. The molecular weight excluding hydrogens is 500 g/mol. The first kappa shape index (κ1) is 27.6. The van der Waals surface area contributed by atoms with Crippen molar-refractivity contribution in [3.63, 3.8) is 0 Å². The number of hydrogen-bond acceptors (Lipinski definition) is 7. The van der Waals surface area contributed by atoms with E-state index >= 15 is 0 Å². The number of nitrogens with two attached hydrogens (primary N) is 1. The Morgan fingerprint density at radius 3 is 2.51 bits per heavy atom. The van der Waals surface area contributed by atoms with E-state index in [0.29, 0.717) is 29.9 Å². The molecule has 0 spiro atoms. The minimum Gasteiger partial charge on any atom is -0.476 e. The summed E-state index contributed by atoms with van der Waals surface area (Å²) in [4.78, 5) is 48.3. The average Bonchev–Trinajstić information content (AvgIpc) is 3.25. The number of carbonyl (C=O) groups is 3.